The van der Waals surface area contributed by atoms with Crippen molar-refractivity contribution in [3.05, 3.63) is 78.2 Å². The van der Waals surface area contributed by atoms with Gasteiger partial charge in [-0.2, -0.15) is 0 Å². The highest BCUT2D eigenvalue weighted by atomic mass is 32.2. The van der Waals surface area contributed by atoms with Gasteiger partial charge in [-0.3, -0.25) is 4.79 Å². The van der Waals surface area contributed by atoms with E-state index >= 15 is 0 Å². The number of para-hydroxylation sites is 1. The molecule has 0 fully saturated rings. The molecule has 0 aliphatic carbocycles. The Balaban J connectivity index is 1.65. The Morgan fingerprint density at radius 1 is 1.13 bits per heavy atom. The average molecular weight is 423 g/mol. The van der Waals surface area contributed by atoms with Crippen molar-refractivity contribution >= 4 is 28.6 Å². The lowest BCUT2D eigenvalue weighted by atomic mass is 10.1. The number of methoxy groups -OCH3 is 1. The maximum absolute atomic E-state index is 13.5. The molecule has 3 aromatic heterocycles. The summed E-state index contributed by atoms with van der Waals surface area (Å²) < 4.78 is 16.6. The number of benzene rings is 1. The van der Waals surface area contributed by atoms with Crippen molar-refractivity contribution in [2.75, 3.05) is 20.3 Å². The van der Waals surface area contributed by atoms with E-state index in [-0.39, 0.29) is 5.91 Å². The third-order valence-electron chi connectivity index (χ3n) is 4.56. The van der Waals surface area contributed by atoms with Crippen LogP contribution in [0.5, 0.6) is 0 Å². The van der Waals surface area contributed by atoms with Gasteiger partial charge in [0.25, 0.3) is 5.91 Å². The lowest BCUT2D eigenvalue weighted by Crippen LogP contribution is -2.33. The number of carbonyl (C=O) groups is 1. The van der Waals surface area contributed by atoms with E-state index in [0.29, 0.717) is 47.7 Å². The van der Waals surface area contributed by atoms with Crippen LogP contribution in [0, 0.1) is 0 Å². The maximum Gasteiger partial charge on any atom is 0.290 e. The second kappa shape index (κ2) is 9.60. The van der Waals surface area contributed by atoms with E-state index in [1.54, 1.807) is 42.8 Å². The first kappa shape index (κ1) is 20.2. The predicted molar refractivity (Wildman–Crippen MR) is 113 cm³/mol. The van der Waals surface area contributed by atoms with Crippen LogP contribution in [0.25, 0.3) is 11.0 Å². The highest BCUT2D eigenvalue weighted by molar-refractivity contribution is 7.98. The number of rotatable bonds is 9. The summed E-state index contributed by atoms with van der Waals surface area (Å²) in [6.45, 7) is 1.16. The Labute approximate surface area is 178 Å². The zero-order valence-corrected chi connectivity index (χ0v) is 17.3. The number of fused-ring (bicyclic) bond motifs is 1. The maximum atomic E-state index is 13.5. The molecule has 154 valence electrons. The van der Waals surface area contributed by atoms with Crippen LogP contribution in [0.4, 0.5) is 0 Å². The fraction of sp³-hybridized carbons (Fsp3) is 0.227. The minimum Gasteiger partial charge on any atom is -0.467 e. The van der Waals surface area contributed by atoms with Crippen LogP contribution in [0.15, 0.2) is 75.1 Å². The molecule has 3 heterocycles. The molecule has 0 bridgehead atoms. The van der Waals surface area contributed by atoms with Crippen molar-refractivity contribution in [1.29, 1.82) is 0 Å². The monoisotopic (exact) mass is 423 g/mol. The number of thioether (sulfide) groups is 1. The Morgan fingerprint density at radius 3 is 2.73 bits per heavy atom. The number of nitrogens with zero attached hydrogens (tertiary/aromatic N) is 3. The quantitative estimate of drug-likeness (QED) is 0.292. The van der Waals surface area contributed by atoms with Crippen LogP contribution >= 0.6 is 11.8 Å². The summed E-state index contributed by atoms with van der Waals surface area (Å²) in [6, 6.07) is 13.1. The zero-order valence-electron chi connectivity index (χ0n) is 16.5. The number of hydrogen-bond donors (Lipinski definition) is 0. The van der Waals surface area contributed by atoms with Gasteiger partial charge in [0.15, 0.2) is 10.9 Å². The van der Waals surface area contributed by atoms with Gasteiger partial charge in [-0.15, -0.1) is 0 Å². The molecule has 0 unspecified atom stereocenters. The van der Waals surface area contributed by atoms with E-state index < -0.39 is 0 Å². The molecule has 0 atom stereocenters. The highest BCUT2D eigenvalue weighted by Crippen LogP contribution is 2.32. The molecule has 8 heteroatoms. The molecule has 0 saturated carbocycles. The molecular formula is C22H21N3O4S. The van der Waals surface area contributed by atoms with Crippen molar-refractivity contribution in [3.63, 3.8) is 0 Å². The molecule has 4 aromatic rings. The first-order valence-electron chi connectivity index (χ1n) is 9.47. The smallest absolute Gasteiger partial charge is 0.290 e. The second-order valence-electron chi connectivity index (χ2n) is 6.52. The molecule has 0 spiro atoms. The van der Waals surface area contributed by atoms with E-state index in [1.165, 1.54) is 11.8 Å². The molecule has 7 nitrogen and oxygen atoms in total. The first-order valence-corrected chi connectivity index (χ1v) is 10.5. The van der Waals surface area contributed by atoms with E-state index in [0.717, 1.165) is 10.9 Å². The summed E-state index contributed by atoms with van der Waals surface area (Å²) >= 11 is 1.46. The Hall–Kier alpha value is -3.10. The molecular weight excluding hydrogens is 402 g/mol. The van der Waals surface area contributed by atoms with Crippen LogP contribution in [0.2, 0.25) is 0 Å². The van der Waals surface area contributed by atoms with Crippen molar-refractivity contribution in [2.24, 2.45) is 0 Å². The van der Waals surface area contributed by atoms with Gasteiger partial charge in [0.2, 0.25) is 0 Å². The highest BCUT2D eigenvalue weighted by Gasteiger charge is 2.26. The van der Waals surface area contributed by atoms with Gasteiger partial charge in [-0.05, 0) is 24.3 Å². The normalized spacial score (nSPS) is 11.1. The fourth-order valence-corrected chi connectivity index (χ4v) is 3.93. The summed E-state index contributed by atoms with van der Waals surface area (Å²) in [5.74, 6) is 1.33. The summed E-state index contributed by atoms with van der Waals surface area (Å²) in [5.41, 5.74) is 1.50. The molecule has 0 radical (unpaired) electrons. The van der Waals surface area contributed by atoms with Crippen LogP contribution in [0.1, 0.15) is 21.9 Å². The molecule has 0 saturated heterocycles. The minimum absolute atomic E-state index is 0.204. The molecule has 30 heavy (non-hydrogen) atoms. The van der Waals surface area contributed by atoms with E-state index in [1.807, 2.05) is 30.3 Å². The van der Waals surface area contributed by atoms with Crippen molar-refractivity contribution in [2.45, 2.75) is 17.5 Å². The molecule has 0 aliphatic heterocycles. The zero-order chi connectivity index (χ0) is 20.8. The minimum atomic E-state index is -0.204. The van der Waals surface area contributed by atoms with Crippen molar-refractivity contribution < 1.29 is 18.4 Å². The Bertz CT molecular complexity index is 1100. The van der Waals surface area contributed by atoms with Gasteiger partial charge in [0.1, 0.15) is 11.3 Å². The molecule has 0 aliphatic rings. The number of aromatic nitrogens is 2. The molecule has 1 amide bonds. The first-order chi connectivity index (χ1) is 14.8. The molecule has 4 rings (SSSR count). The predicted octanol–water partition coefficient (Wildman–Crippen LogP) is 4.40. The van der Waals surface area contributed by atoms with E-state index in [4.69, 9.17) is 13.6 Å². The van der Waals surface area contributed by atoms with Crippen LogP contribution < -0.4 is 0 Å². The molecule has 1 aromatic carbocycles. The SMILES string of the molecule is COCCN(Cc1ccco1)C(=O)c1oc2ccccc2c1CSc1ncccn1. The second-order valence-corrected chi connectivity index (χ2v) is 7.47. The number of amides is 1. The van der Waals surface area contributed by atoms with E-state index in [2.05, 4.69) is 9.97 Å². The number of ether oxygens (including phenoxy) is 1. The standard InChI is InChI=1S/C22H21N3O4S/c1-27-13-11-25(14-16-6-4-12-28-16)21(26)20-18(15-30-22-23-9-5-10-24-22)17-7-2-3-8-19(17)29-20/h2-10,12H,11,13-15H2,1H3. The van der Waals surface area contributed by atoms with Crippen LogP contribution in [-0.2, 0) is 17.0 Å². The van der Waals surface area contributed by atoms with Gasteiger partial charge in [0, 0.05) is 42.8 Å². The lowest BCUT2D eigenvalue weighted by Gasteiger charge is -2.20. The van der Waals surface area contributed by atoms with Gasteiger partial charge in [0.05, 0.1) is 19.4 Å². The van der Waals surface area contributed by atoms with Crippen molar-refractivity contribution in [1.82, 2.24) is 14.9 Å². The summed E-state index contributed by atoms with van der Waals surface area (Å²) in [6.07, 6.45) is 4.99. The van der Waals surface area contributed by atoms with Gasteiger partial charge < -0.3 is 18.5 Å². The Morgan fingerprint density at radius 2 is 1.97 bits per heavy atom. The summed E-state index contributed by atoms with van der Waals surface area (Å²) in [4.78, 5) is 23.7. The van der Waals surface area contributed by atoms with Crippen molar-refractivity contribution in [3.8, 4) is 0 Å². The number of furan rings is 2. The third-order valence-corrected chi connectivity index (χ3v) is 5.46. The van der Waals surface area contributed by atoms with Crippen LogP contribution in [0.3, 0.4) is 0 Å². The largest absolute Gasteiger partial charge is 0.467 e. The third kappa shape index (κ3) is 4.55. The summed E-state index contributed by atoms with van der Waals surface area (Å²) in [5, 5.41) is 1.56. The van der Waals surface area contributed by atoms with Gasteiger partial charge in [-0.25, -0.2) is 9.97 Å². The van der Waals surface area contributed by atoms with Crippen LogP contribution in [-0.4, -0.2) is 41.0 Å². The van der Waals surface area contributed by atoms with E-state index in [9.17, 15) is 4.79 Å². The molecule has 0 N–H and O–H groups in total. The number of hydrogen-bond acceptors (Lipinski definition) is 7. The topological polar surface area (TPSA) is 81.6 Å². The Kier molecular flexibility index (Phi) is 6.46. The average Bonchev–Trinajstić information content (AvgIpc) is 3.43. The lowest BCUT2D eigenvalue weighted by molar-refractivity contribution is 0.0637. The number of carbonyl (C=O) groups excluding carboxylic acids is 1. The van der Waals surface area contributed by atoms with Gasteiger partial charge in [-0.1, -0.05) is 30.0 Å². The fourth-order valence-electron chi connectivity index (χ4n) is 3.10. The summed E-state index contributed by atoms with van der Waals surface area (Å²) in [7, 11) is 1.61. The van der Waals surface area contributed by atoms with Gasteiger partial charge >= 0.3 is 0 Å².